The molecule has 0 aromatic heterocycles. The van der Waals surface area contributed by atoms with Crippen molar-refractivity contribution in [3.63, 3.8) is 0 Å². The first-order chi connectivity index (χ1) is 11.4. The second-order valence-corrected chi connectivity index (χ2v) is 5.08. The number of nitroso groups, excluding NO2 is 1. The molecule has 0 aliphatic rings. The number of benzene rings is 1. The zero-order chi connectivity index (χ0) is 18.1. The van der Waals surface area contributed by atoms with Gasteiger partial charge < -0.3 is 21.1 Å². The van der Waals surface area contributed by atoms with Gasteiger partial charge in [-0.2, -0.15) is 4.91 Å². The highest BCUT2D eigenvalue weighted by Crippen LogP contribution is 2.18. The number of rotatable bonds is 8. The molecule has 3 amide bonds. The number of primary amides is 1. The number of nitrogens with one attached hydrogen (secondary N) is 2. The number of carbonyl (C=O) groups is 3. The van der Waals surface area contributed by atoms with Crippen molar-refractivity contribution in [3.05, 3.63) is 34.7 Å². The van der Waals surface area contributed by atoms with Gasteiger partial charge in [0.1, 0.15) is 12.1 Å². The molecular formula is C15H20N4O5. The summed E-state index contributed by atoms with van der Waals surface area (Å²) in [5, 5.41) is 7.87. The quantitative estimate of drug-likeness (QED) is 0.487. The molecule has 9 heteroatoms. The molecule has 0 saturated heterocycles. The van der Waals surface area contributed by atoms with Crippen LogP contribution in [0.1, 0.15) is 31.4 Å². The fourth-order valence-electron chi connectivity index (χ4n) is 1.91. The lowest BCUT2D eigenvalue weighted by atomic mass is 10.1. The van der Waals surface area contributed by atoms with Gasteiger partial charge >= 0.3 is 12.0 Å². The topological polar surface area (TPSA) is 140 Å². The molecule has 2 unspecified atom stereocenters. The van der Waals surface area contributed by atoms with Crippen molar-refractivity contribution in [1.82, 2.24) is 5.32 Å². The maximum atomic E-state index is 11.9. The van der Waals surface area contributed by atoms with Gasteiger partial charge in [-0.15, -0.1) is 0 Å². The van der Waals surface area contributed by atoms with Crippen molar-refractivity contribution in [2.24, 2.45) is 10.9 Å². The molecule has 0 fully saturated rings. The second-order valence-electron chi connectivity index (χ2n) is 5.08. The Morgan fingerprint density at radius 2 is 1.88 bits per heavy atom. The Morgan fingerprint density at radius 3 is 2.38 bits per heavy atom. The predicted octanol–water partition coefficient (Wildman–Crippen LogP) is 1.44. The highest BCUT2D eigenvalue weighted by molar-refractivity contribution is 5.92. The standard InChI is InChI=1S/C15H20N4O5/c1-9(19-23)10-3-5-11(6-4-10)17-15(22)18-12(14(21)24-2)7-8-13(16)20/h3-6,9,12H,7-8H2,1-2H3,(H2,16,20)(H2,17,18,22). The maximum absolute atomic E-state index is 11.9. The summed E-state index contributed by atoms with van der Waals surface area (Å²) in [6, 6.07) is 4.43. The zero-order valence-electron chi connectivity index (χ0n) is 13.4. The Hall–Kier alpha value is -2.97. The summed E-state index contributed by atoms with van der Waals surface area (Å²) in [5.74, 6) is -1.26. The average Bonchev–Trinajstić information content (AvgIpc) is 2.57. The van der Waals surface area contributed by atoms with Crippen LogP contribution in [0.3, 0.4) is 0 Å². The molecule has 0 spiro atoms. The maximum Gasteiger partial charge on any atom is 0.328 e. The van der Waals surface area contributed by atoms with Crippen LogP contribution in [0.5, 0.6) is 0 Å². The number of urea groups is 1. The van der Waals surface area contributed by atoms with E-state index in [9.17, 15) is 19.3 Å². The van der Waals surface area contributed by atoms with E-state index in [1.54, 1.807) is 31.2 Å². The Kier molecular flexibility index (Phi) is 7.34. The van der Waals surface area contributed by atoms with Gasteiger partial charge in [0.25, 0.3) is 0 Å². The minimum atomic E-state index is -0.985. The Labute approximate surface area is 138 Å². The van der Waals surface area contributed by atoms with E-state index in [1.165, 1.54) is 7.11 Å². The summed E-state index contributed by atoms with van der Waals surface area (Å²) in [6.07, 6.45) is -0.0256. The molecular weight excluding hydrogens is 316 g/mol. The normalized spacial score (nSPS) is 12.6. The summed E-state index contributed by atoms with van der Waals surface area (Å²) in [7, 11) is 1.18. The predicted molar refractivity (Wildman–Crippen MR) is 87.0 cm³/mol. The molecule has 0 saturated carbocycles. The first-order valence-corrected chi connectivity index (χ1v) is 7.23. The minimum absolute atomic E-state index is 0.0386. The SMILES string of the molecule is COC(=O)C(CCC(N)=O)NC(=O)Nc1ccc(C(C)N=O)cc1. The molecule has 4 N–H and O–H groups in total. The van der Waals surface area contributed by atoms with Crippen LogP contribution in [0, 0.1) is 4.91 Å². The van der Waals surface area contributed by atoms with Gasteiger partial charge in [-0.1, -0.05) is 17.3 Å². The van der Waals surface area contributed by atoms with E-state index in [4.69, 9.17) is 5.73 Å². The third-order valence-electron chi connectivity index (χ3n) is 3.28. The number of nitrogens with two attached hydrogens (primary N) is 1. The minimum Gasteiger partial charge on any atom is -0.467 e. The molecule has 1 aromatic carbocycles. The van der Waals surface area contributed by atoms with Crippen molar-refractivity contribution in [1.29, 1.82) is 0 Å². The summed E-state index contributed by atoms with van der Waals surface area (Å²) in [4.78, 5) is 44.9. The van der Waals surface area contributed by atoms with E-state index in [1.807, 2.05) is 0 Å². The van der Waals surface area contributed by atoms with E-state index in [0.717, 1.165) is 0 Å². The molecule has 9 nitrogen and oxygen atoms in total. The fraction of sp³-hybridized carbons (Fsp3) is 0.400. The molecule has 24 heavy (non-hydrogen) atoms. The van der Waals surface area contributed by atoms with Crippen LogP contribution >= 0.6 is 0 Å². The molecule has 0 bridgehead atoms. The van der Waals surface area contributed by atoms with Crippen molar-refractivity contribution in [2.75, 3.05) is 12.4 Å². The molecule has 2 atom stereocenters. The highest BCUT2D eigenvalue weighted by atomic mass is 16.5. The zero-order valence-corrected chi connectivity index (χ0v) is 13.4. The number of carbonyl (C=O) groups excluding carboxylic acids is 3. The van der Waals surface area contributed by atoms with Gasteiger partial charge in [-0.25, -0.2) is 9.59 Å². The smallest absolute Gasteiger partial charge is 0.328 e. The van der Waals surface area contributed by atoms with Crippen LogP contribution in [0.2, 0.25) is 0 Å². The number of methoxy groups -OCH3 is 1. The van der Waals surface area contributed by atoms with Gasteiger partial charge in [0.15, 0.2) is 0 Å². The number of nitrogens with zero attached hydrogens (tertiary/aromatic N) is 1. The Balaban J connectivity index is 2.66. The summed E-state index contributed by atoms with van der Waals surface area (Å²) < 4.78 is 4.58. The molecule has 0 aliphatic heterocycles. The highest BCUT2D eigenvalue weighted by Gasteiger charge is 2.22. The molecule has 0 aliphatic carbocycles. The van der Waals surface area contributed by atoms with Gasteiger partial charge in [0.2, 0.25) is 5.91 Å². The van der Waals surface area contributed by atoms with Crippen molar-refractivity contribution in [2.45, 2.75) is 31.8 Å². The molecule has 1 aromatic rings. The number of hydrogen-bond acceptors (Lipinski definition) is 6. The van der Waals surface area contributed by atoms with Crippen molar-refractivity contribution in [3.8, 4) is 0 Å². The summed E-state index contributed by atoms with van der Waals surface area (Å²) in [5.41, 5.74) is 6.22. The second kappa shape index (κ2) is 9.23. The van der Waals surface area contributed by atoms with E-state index in [0.29, 0.717) is 11.3 Å². The first-order valence-electron chi connectivity index (χ1n) is 7.23. The number of anilines is 1. The fourth-order valence-corrected chi connectivity index (χ4v) is 1.91. The van der Waals surface area contributed by atoms with Crippen LogP contribution in [-0.4, -0.2) is 31.1 Å². The molecule has 1 rings (SSSR count). The van der Waals surface area contributed by atoms with Crippen LogP contribution in [0.15, 0.2) is 29.4 Å². The number of ether oxygens (including phenoxy) is 1. The summed E-state index contributed by atoms with van der Waals surface area (Å²) in [6.45, 7) is 1.65. The van der Waals surface area contributed by atoms with Gasteiger partial charge in [0, 0.05) is 12.1 Å². The van der Waals surface area contributed by atoms with E-state index in [2.05, 4.69) is 20.5 Å². The van der Waals surface area contributed by atoms with Crippen molar-refractivity contribution >= 4 is 23.6 Å². The van der Waals surface area contributed by atoms with Gasteiger partial charge in [-0.3, -0.25) is 4.79 Å². The lowest BCUT2D eigenvalue weighted by Gasteiger charge is -2.16. The molecule has 0 radical (unpaired) electrons. The van der Waals surface area contributed by atoms with Crippen LogP contribution < -0.4 is 16.4 Å². The van der Waals surface area contributed by atoms with Crippen molar-refractivity contribution < 1.29 is 19.1 Å². The van der Waals surface area contributed by atoms with Gasteiger partial charge in [0.05, 0.1) is 7.11 Å². The average molecular weight is 336 g/mol. The van der Waals surface area contributed by atoms with Gasteiger partial charge in [-0.05, 0) is 31.0 Å². The Morgan fingerprint density at radius 1 is 1.25 bits per heavy atom. The van der Waals surface area contributed by atoms with E-state index < -0.39 is 30.0 Å². The largest absolute Gasteiger partial charge is 0.467 e. The van der Waals surface area contributed by atoms with Crippen LogP contribution in [0.25, 0.3) is 0 Å². The van der Waals surface area contributed by atoms with Crippen LogP contribution in [-0.2, 0) is 14.3 Å². The number of amides is 3. The van der Waals surface area contributed by atoms with Crippen LogP contribution in [0.4, 0.5) is 10.5 Å². The Bertz CT molecular complexity index is 602. The van der Waals surface area contributed by atoms with E-state index in [-0.39, 0.29) is 12.8 Å². The third kappa shape index (κ3) is 6.03. The summed E-state index contributed by atoms with van der Waals surface area (Å²) >= 11 is 0. The molecule has 0 heterocycles. The molecule has 130 valence electrons. The monoisotopic (exact) mass is 336 g/mol. The lowest BCUT2D eigenvalue weighted by molar-refractivity contribution is -0.143. The number of esters is 1. The van der Waals surface area contributed by atoms with E-state index >= 15 is 0 Å². The lowest BCUT2D eigenvalue weighted by Crippen LogP contribution is -2.44. The third-order valence-corrected chi connectivity index (χ3v) is 3.28. The number of hydrogen-bond donors (Lipinski definition) is 3. The first kappa shape index (κ1) is 19.1.